The van der Waals surface area contributed by atoms with Crippen molar-refractivity contribution in [2.24, 2.45) is 0 Å². The van der Waals surface area contributed by atoms with Crippen LogP contribution >= 0.6 is 0 Å². The molecule has 0 aliphatic heterocycles. The Morgan fingerprint density at radius 2 is 1.64 bits per heavy atom. The highest BCUT2D eigenvalue weighted by Gasteiger charge is 1.75. The van der Waals surface area contributed by atoms with Gasteiger partial charge in [0.1, 0.15) is 11.6 Å². The van der Waals surface area contributed by atoms with Crippen molar-refractivity contribution in [3.05, 3.63) is 42.5 Å². The summed E-state index contributed by atoms with van der Waals surface area (Å²) in [4.78, 5) is 0. The third-order valence-electron chi connectivity index (χ3n) is 1.04. The van der Waals surface area contributed by atoms with E-state index >= 15 is 0 Å². The highest BCUT2D eigenvalue weighted by molar-refractivity contribution is 7.51. The van der Waals surface area contributed by atoms with Crippen molar-refractivity contribution in [2.75, 3.05) is 0 Å². The molecule has 0 amide bonds. The van der Waals surface area contributed by atoms with Gasteiger partial charge in [0.25, 0.3) is 0 Å². The Labute approximate surface area is 69.2 Å². The molecule has 0 aliphatic rings. The molecule has 0 fully saturated rings. The molecular formula is C8H10O2S. The Hall–Kier alpha value is -1.09. The molecule has 0 heterocycles. The maximum Gasteiger partial charge on any atom is 0.129 e. The van der Waals surface area contributed by atoms with Gasteiger partial charge in [-0.1, -0.05) is 43.0 Å². The topological polar surface area (TPSA) is 34.1 Å². The standard InChI is InChI=1S/C8H8.H2O2S/c1-2-8-6-4-3-5-7-8;1-3-2/h2-7H,1H2;3H2. The first-order valence-corrected chi connectivity index (χ1v) is 3.83. The molecule has 0 aliphatic carbocycles. The van der Waals surface area contributed by atoms with Crippen LogP contribution in [0.1, 0.15) is 5.56 Å². The summed E-state index contributed by atoms with van der Waals surface area (Å²) in [5.41, 5.74) is 1.17. The van der Waals surface area contributed by atoms with Crippen molar-refractivity contribution in [1.29, 1.82) is 0 Å². The van der Waals surface area contributed by atoms with Crippen LogP contribution in [0.25, 0.3) is 6.08 Å². The number of benzene rings is 1. The molecule has 60 valence electrons. The lowest BCUT2D eigenvalue weighted by molar-refractivity contribution is 0.630. The molecule has 0 saturated carbocycles. The van der Waals surface area contributed by atoms with Gasteiger partial charge in [0, 0.05) is 0 Å². The highest BCUT2D eigenvalue weighted by Crippen LogP contribution is 1.97. The van der Waals surface area contributed by atoms with E-state index in [0.29, 0.717) is 0 Å². The molecule has 0 aromatic heterocycles. The van der Waals surface area contributed by atoms with Crippen molar-refractivity contribution in [1.82, 2.24) is 0 Å². The zero-order valence-corrected chi connectivity index (χ0v) is 6.99. The summed E-state index contributed by atoms with van der Waals surface area (Å²) in [5, 5.41) is 0. The van der Waals surface area contributed by atoms with Crippen LogP contribution in [0.5, 0.6) is 0 Å². The smallest absolute Gasteiger partial charge is 0.129 e. The summed E-state index contributed by atoms with van der Waals surface area (Å²) >= 11 is -1.42. The van der Waals surface area contributed by atoms with E-state index in [-0.39, 0.29) is 0 Å². The van der Waals surface area contributed by atoms with E-state index in [9.17, 15) is 0 Å². The van der Waals surface area contributed by atoms with Crippen LogP contribution in [0.3, 0.4) is 0 Å². The number of hydrogen-bond donors (Lipinski definition) is 0. The van der Waals surface area contributed by atoms with Gasteiger partial charge in [-0.25, -0.2) is 8.42 Å². The maximum atomic E-state index is 8.40. The first-order valence-electron chi connectivity index (χ1n) is 3.02. The minimum absolute atomic E-state index is 1.17. The summed E-state index contributed by atoms with van der Waals surface area (Å²) in [5.74, 6) is 0. The molecule has 0 N–H and O–H groups in total. The Morgan fingerprint density at radius 1 is 1.18 bits per heavy atom. The van der Waals surface area contributed by atoms with Crippen LogP contribution in [0, 0.1) is 0 Å². The molecule has 0 atom stereocenters. The molecule has 1 rings (SSSR count). The molecule has 0 bridgehead atoms. The monoisotopic (exact) mass is 170 g/mol. The summed E-state index contributed by atoms with van der Waals surface area (Å²) in [6.45, 7) is 3.63. The second-order valence-electron chi connectivity index (χ2n) is 1.70. The number of rotatable bonds is 1. The molecular weight excluding hydrogens is 160 g/mol. The van der Waals surface area contributed by atoms with Gasteiger partial charge < -0.3 is 0 Å². The number of hydrogen-bond acceptors (Lipinski definition) is 2. The van der Waals surface area contributed by atoms with Crippen molar-refractivity contribution in [3.8, 4) is 0 Å². The lowest BCUT2D eigenvalue weighted by atomic mass is 10.2. The Balaban J connectivity index is 0.000000292. The average Bonchev–Trinajstić information content (AvgIpc) is 2.08. The molecule has 0 spiro atoms. The quantitative estimate of drug-likeness (QED) is 0.633. The minimum atomic E-state index is -1.42. The van der Waals surface area contributed by atoms with Crippen LogP contribution in [0.2, 0.25) is 0 Å². The second kappa shape index (κ2) is 7.02. The minimum Gasteiger partial charge on any atom is -0.235 e. The van der Waals surface area contributed by atoms with E-state index in [1.165, 1.54) is 5.56 Å². The first-order chi connectivity index (χ1) is 5.35. The van der Waals surface area contributed by atoms with Gasteiger partial charge in [-0.2, -0.15) is 0 Å². The van der Waals surface area contributed by atoms with E-state index in [4.69, 9.17) is 8.42 Å². The molecule has 0 radical (unpaired) electrons. The summed E-state index contributed by atoms with van der Waals surface area (Å²) in [6.07, 6.45) is 1.83. The van der Waals surface area contributed by atoms with Crippen molar-refractivity contribution in [3.63, 3.8) is 0 Å². The van der Waals surface area contributed by atoms with Gasteiger partial charge in [-0.3, -0.25) is 0 Å². The zero-order valence-electron chi connectivity index (χ0n) is 5.99. The average molecular weight is 170 g/mol. The summed E-state index contributed by atoms with van der Waals surface area (Å²) < 4.78 is 16.8. The molecule has 11 heavy (non-hydrogen) atoms. The van der Waals surface area contributed by atoms with E-state index in [1.54, 1.807) is 0 Å². The third-order valence-corrected chi connectivity index (χ3v) is 1.04. The predicted molar refractivity (Wildman–Crippen MR) is 48.2 cm³/mol. The van der Waals surface area contributed by atoms with Gasteiger partial charge in [0.15, 0.2) is 0 Å². The fourth-order valence-corrected chi connectivity index (χ4v) is 0.589. The van der Waals surface area contributed by atoms with Gasteiger partial charge in [-0.05, 0) is 5.56 Å². The fourth-order valence-electron chi connectivity index (χ4n) is 0.589. The van der Waals surface area contributed by atoms with Crippen LogP contribution in [0.4, 0.5) is 0 Å². The van der Waals surface area contributed by atoms with Gasteiger partial charge in [0.2, 0.25) is 0 Å². The third kappa shape index (κ3) is 5.36. The maximum absolute atomic E-state index is 8.40. The molecule has 2 nitrogen and oxygen atoms in total. The lowest BCUT2D eigenvalue weighted by Gasteiger charge is -1.85. The second-order valence-corrected chi connectivity index (χ2v) is 1.86. The largest absolute Gasteiger partial charge is 0.235 e. The van der Waals surface area contributed by atoms with Gasteiger partial charge >= 0.3 is 0 Å². The highest BCUT2D eigenvalue weighted by atomic mass is 32.1. The Bertz CT molecular complexity index is 238. The first kappa shape index (κ1) is 9.91. The molecule has 3 heteroatoms. The van der Waals surface area contributed by atoms with E-state index < -0.39 is 11.6 Å². The van der Waals surface area contributed by atoms with Crippen LogP contribution < -0.4 is 0 Å². The Morgan fingerprint density at radius 3 is 1.91 bits per heavy atom. The SMILES string of the molecule is C=Cc1ccccc1.O=[SH2]=O. The molecule has 0 saturated heterocycles. The molecule has 1 aromatic carbocycles. The molecule has 0 unspecified atom stereocenters. The van der Waals surface area contributed by atoms with Gasteiger partial charge in [-0.15, -0.1) is 0 Å². The normalized spacial score (nSPS) is 7.64. The summed E-state index contributed by atoms with van der Waals surface area (Å²) in [6, 6.07) is 10.0. The van der Waals surface area contributed by atoms with Crippen molar-refractivity contribution >= 4 is 17.6 Å². The van der Waals surface area contributed by atoms with Crippen LogP contribution in [-0.4, -0.2) is 8.42 Å². The lowest BCUT2D eigenvalue weighted by Crippen LogP contribution is -1.63. The zero-order chi connectivity index (χ0) is 8.53. The van der Waals surface area contributed by atoms with Crippen molar-refractivity contribution < 1.29 is 8.42 Å². The summed E-state index contributed by atoms with van der Waals surface area (Å²) in [7, 11) is 0. The van der Waals surface area contributed by atoms with Gasteiger partial charge in [0.05, 0.1) is 0 Å². The van der Waals surface area contributed by atoms with Crippen LogP contribution in [0.15, 0.2) is 36.9 Å². The van der Waals surface area contributed by atoms with E-state index in [0.717, 1.165) is 0 Å². The Kier molecular flexibility index (Phi) is 6.33. The predicted octanol–water partition coefficient (Wildman–Crippen LogP) is 1.12. The van der Waals surface area contributed by atoms with Crippen LogP contribution in [-0.2, 0) is 11.6 Å². The van der Waals surface area contributed by atoms with E-state index in [1.807, 2.05) is 36.4 Å². The molecule has 1 aromatic rings. The van der Waals surface area contributed by atoms with E-state index in [2.05, 4.69) is 6.58 Å². The van der Waals surface area contributed by atoms with Crippen molar-refractivity contribution in [2.45, 2.75) is 0 Å². The fraction of sp³-hybridized carbons (Fsp3) is 0.